The topological polar surface area (TPSA) is 42.0 Å². The minimum atomic E-state index is -0.253. The van der Waals surface area contributed by atoms with Gasteiger partial charge in [0.1, 0.15) is 0 Å². The highest BCUT2D eigenvalue weighted by Crippen LogP contribution is 2.49. The van der Waals surface area contributed by atoms with E-state index in [4.69, 9.17) is 0 Å². The molecular formula is C10H10N2O. The van der Waals surface area contributed by atoms with Crippen LogP contribution in [0.4, 0.5) is 5.69 Å². The number of fused-ring (bicyclic) bond motifs is 2. The second-order valence-electron chi connectivity index (χ2n) is 3.79. The zero-order chi connectivity index (χ0) is 8.89. The number of aromatic nitrogens is 1. The fourth-order valence-electron chi connectivity index (χ4n) is 2.23. The molecule has 0 saturated heterocycles. The lowest BCUT2D eigenvalue weighted by molar-refractivity contribution is -0.123. The minimum Gasteiger partial charge on any atom is -0.324 e. The number of carbonyl (C=O) groups excluding carboxylic acids is 1. The SMILES string of the molecule is O=C1Nc2cccnc2C12CCC2. The van der Waals surface area contributed by atoms with Crippen LogP contribution in [0.15, 0.2) is 18.3 Å². The third kappa shape index (κ3) is 0.698. The van der Waals surface area contributed by atoms with Gasteiger partial charge in [-0.2, -0.15) is 0 Å². The summed E-state index contributed by atoms with van der Waals surface area (Å²) in [7, 11) is 0. The Labute approximate surface area is 76.2 Å². The van der Waals surface area contributed by atoms with Crippen LogP contribution in [-0.4, -0.2) is 10.9 Å². The zero-order valence-electron chi connectivity index (χ0n) is 7.21. The van der Waals surface area contributed by atoms with Gasteiger partial charge in [-0.25, -0.2) is 0 Å². The molecule has 0 unspecified atom stereocenters. The summed E-state index contributed by atoms with van der Waals surface area (Å²) in [6.45, 7) is 0. The molecule has 1 amide bonds. The number of rotatable bonds is 0. The average Bonchev–Trinajstić information content (AvgIpc) is 2.35. The lowest BCUT2D eigenvalue weighted by atomic mass is 9.67. The first-order chi connectivity index (χ1) is 6.33. The van der Waals surface area contributed by atoms with E-state index in [1.54, 1.807) is 6.20 Å². The molecule has 3 heteroatoms. The number of pyridine rings is 1. The number of carbonyl (C=O) groups is 1. The van der Waals surface area contributed by atoms with Gasteiger partial charge in [-0.1, -0.05) is 6.42 Å². The summed E-state index contributed by atoms with van der Waals surface area (Å²) in [6, 6.07) is 3.78. The van der Waals surface area contributed by atoms with Crippen LogP contribution in [0, 0.1) is 0 Å². The fourth-order valence-corrected chi connectivity index (χ4v) is 2.23. The maximum Gasteiger partial charge on any atom is 0.236 e. The number of nitrogens with one attached hydrogen (secondary N) is 1. The molecule has 13 heavy (non-hydrogen) atoms. The smallest absolute Gasteiger partial charge is 0.236 e. The highest BCUT2D eigenvalue weighted by atomic mass is 16.2. The summed E-state index contributed by atoms with van der Waals surface area (Å²) in [5.41, 5.74) is 1.62. The standard InChI is InChI=1S/C10H10N2O/c13-9-10(4-2-5-10)8-7(12-9)3-1-6-11-8/h1,3,6H,2,4-5H2,(H,12,13). The second-order valence-corrected chi connectivity index (χ2v) is 3.79. The summed E-state index contributed by atoms with van der Waals surface area (Å²) in [5, 5.41) is 2.89. The molecule has 0 atom stereocenters. The molecule has 1 aliphatic heterocycles. The number of hydrogen-bond acceptors (Lipinski definition) is 2. The highest BCUT2D eigenvalue weighted by Gasteiger charge is 2.52. The summed E-state index contributed by atoms with van der Waals surface area (Å²) < 4.78 is 0. The van der Waals surface area contributed by atoms with Gasteiger partial charge >= 0.3 is 0 Å². The molecule has 1 aromatic rings. The predicted octanol–water partition coefficient (Wildman–Crippen LogP) is 1.46. The fraction of sp³-hybridized carbons (Fsp3) is 0.400. The third-order valence-corrected chi connectivity index (χ3v) is 3.15. The molecule has 2 heterocycles. The largest absolute Gasteiger partial charge is 0.324 e. The van der Waals surface area contributed by atoms with Crippen molar-refractivity contribution in [2.24, 2.45) is 0 Å². The van der Waals surface area contributed by atoms with E-state index in [0.717, 1.165) is 30.6 Å². The van der Waals surface area contributed by atoms with Gasteiger partial charge in [0.15, 0.2) is 0 Å². The summed E-state index contributed by atoms with van der Waals surface area (Å²) in [4.78, 5) is 16.0. The third-order valence-electron chi connectivity index (χ3n) is 3.15. The van der Waals surface area contributed by atoms with Gasteiger partial charge in [-0.05, 0) is 25.0 Å². The Kier molecular flexibility index (Phi) is 1.14. The van der Waals surface area contributed by atoms with Crippen LogP contribution >= 0.6 is 0 Å². The first-order valence-electron chi connectivity index (χ1n) is 4.60. The zero-order valence-corrected chi connectivity index (χ0v) is 7.21. The molecule has 0 radical (unpaired) electrons. The van der Waals surface area contributed by atoms with Gasteiger partial charge in [-0.3, -0.25) is 9.78 Å². The van der Waals surface area contributed by atoms with Gasteiger partial charge in [0, 0.05) is 6.20 Å². The van der Waals surface area contributed by atoms with E-state index in [1.165, 1.54) is 0 Å². The van der Waals surface area contributed by atoms with Crippen molar-refractivity contribution in [1.29, 1.82) is 0 Å². The van der Waals surface area contributed by atoms with E-state index in [1.807, 2.05) is 12.1 Å². The van der Waals surface area contributed by atoms with Crippen molar-refractivity contribution in [3.05, 3.63) is 24.0 Å². The van der Waals surface area contributed by atoms with Gasteiger partial charge < -0.3 is 5.32 Å². The Balaban J connectivity index is 2.20. The van der Waals surface area contributed by atoms with E-state index < -0.39 is 0 Å². The Bertz CT molecular complexity index is 382. The van der Waals surface area contributed by atoms with Crippen molar-refractivity contribution >= 4 is 11.6 Å². The van der Waals surface area contributed by atoms with Crippen LogP contribution in [0.5, 0.6) is 0 Å². The van der Waals surface area contributed by atoms with Gasteiger partial charge in [0.25, 0.3) is 0 Å². The predicted molar refractivity (Wildman–Crippen MR) is 48.4 cm³/mol. The molecule has 1 fully saturated rings. The van der Waals surface area contributed by atoms with Crippen LogP contribution in [0.1, 0.15) is 25.0 Å². The second kappa shape index (κ2) is 2.10. The van der Waals surface area contributed by atoms with Crippen LogP contribution in [-0.2, 0) is 10.2 Å². The Morgan fingerprint density at radius 2 is 2.31 bits per heavy atom. The Hall–Kier alpha value is -1.38. The van der Waals surface area contributed by atoms with Gasteiger partial charge in [0.05, 0.1) is 16.8 Å². The maximum absolute atomic E-state index is 11.7. The van der Waals surface area contributed by atoms with E-state index in [2.05, 4.69) is 10.3 Å². The van der Waals surface area contributed by atoms with Crippen molar-refractivity contribution in [3.8, 4) is 0 Å². The monoisotopic (exact) mass is 174 g/mol. The number of anilines is 1. The molecule has 1 aliphatic carbocycles. The van der Waals surface area contributed by atoms with Crippen LogP contribution in [0.3, 0.4) is 0 Å². The lowest BCUT2D eigenvalue weighted by Crippen LogP contribution is -2.41. The summed E-state index contributed by atoms with van der Waals surface area (Å²) >= 11 is 0. The Morgan fingerprint density at radius 3 is 3.00 bits per heavy atom. The molecule has 66 valence electrons. The van der Waals surface area contributed by atoms with Crippen LogP contribution in [0.25, 0.3) is 0 Å². The molecular weight excluding hydrogens is 164 g/mol. The quantitative estimate of drug-likeness (QED) is 0.647. The number of amides is 1. The van der Waals surface area contributed by atoms with Crippen LogP contribution < -0.4 is 5.32 Å². The van der Waals surface area contributed by atoms with E-state index in [-0.39, 0.29) is 11.3 Å². The van der Waals surface area contributed by atoms with Crippen LogP contribution in [0.2, 0.25) is 0 Å². The minimum absolute atomic E-state index is 0.146. The van der Waals surface area contributed by atoms with Crippen molar-refractivity contribution in [1.82, 2.24) is 4.98 Å². The van der Waals surface area contributed by atoms with Crippen molar-refractivity contribution < 1.29 is 4.79 Å². The summed E-state index contributed by atoms with van der Waals surface area (Å²) in [5.74, 6) is 0.146. The van der Waals surface area contributed by atoms with E-state index in [9.17, 15) is 4.79 Å². The molecule has 2 aliphatic rings. The molecule has 1 aromatic heterocycles. The van der Waals surface area contributed by atoms with E-state index in [0.29, 0.717) is 0 Å². The first-order valence-corrected chi connectivity index (χ1v) is 4.60. The molecule has 1 N–H and O–H groups in total. The number of nitrogens with zero attached hydrogens (tertiary/aromatic N) is 1. The van der Waals surface area contributed by atoms with Gasteiger partial charge in [-0.15, -0.1) is 0 Å². The van der Waals surface area contributed by atoms with Gasteiger partial charge in [0.2, 0.25) is 5.91 Å². The maximum atomic E-state index is 11.7. The molecule has 0 aromatic carbocycles. The molecule has 1 saturated carbocycles. The first kappa shape index (κ1) is 7.06. The molecule has 3 nitrogen and oxygen atoms in total. The summed E-state index contributed by atoms with van der Waals surface area (Å²) in [6.07, 6.45) is 4.83. The normalized spacial score (nSPS) is 22.3. The average molecular weight is 174 g/mol. The number of hydrogen-bond donors (Lipinski definition) is 1. The van der Waals surface area contributed by atoms with E-state index >= 15 is 0 Å². The Morgan fingerprint density at radius 1 is 1.46 bits per heavy atom. The van der Waals surface area contributed by atoms with Crippen molar-refractivity contribution in [2.45, 2.75) is 24.7 Å². The lowest BCUT2D eigenvalue weighted by Gasteiger charge is -2.34. The molecule has 0 bridgehead atoms. The molecule has 3 rings (SSSR count). The highest BCUT2D eigenvalue weighted by molar-refractivity contribution is 6.06. The van der Waals surface area contributed by atoms with Crippen molar-refractivity contribution in [2.75, 3.05) is 5.32 Å². The van der Waals surface area contributed by atoms with Crippen molar-refractivity contribution in [3.63, 3.8) is 0 Å². The molecule has 1 spiro atoms.